The van der Waals surface area contributed by atoms with Crippen molar-refractivity contribution in [2.75, 3.05) is 19.0 Å². The van der Waals surface area contributed by atoms with Gasteiger partial charge in [-0.05, 0) is 79.9 Å². The second-order valence-electron chi connectivity index (χ2n) is 5.71. The summed E-state index contributed by atoms with van der Waals surface area (Å²) in [5, 5.41) is 7.17. The minimum Gasteiger partial charge on any atom is -0.497 e. The Morgan fingerprint density at radius 1 is 1.04 bits per heavy atom. The van der Waals surface area contributed by atoms with E-state index in [0.29, 0.717) is 5.11 Å². The smallest absolute Gasteiger partial charge is 0.170 e. The molecule has 23 heavy (non-hydrogen) atoms. The Kier molecular flexibility index (Phi) is 6.41. The summed E-state index contributed by atoms with van der Waals surface area (Å²) >= 11 is 5.35. The van der Waals surface area contributed by atoms with Crippen LogP contribution >= 0.6 is 12.2 Å². The third-order valence-corrected chi connectivity index (χ3v) is 3.81. The number of hydrogen-bond donors (Lipinski definition) is 2. The molecule has 3 nitrogen and oxygen atoms in total. The second-order valence-corrected chi connectivity index (χ2v) is 6.12. The van der Waals surface area contributed by atoms with Crippen LogP contribution in [0.1, 0.15) is 23.1 Å². The zero-order valence-electron chi connectivity index (χ0n) is 14.0. The molecule has 0 heterocycles. The third-order valence-electron chi connectivity index (χ3n) is 3.57. The number of benzene rings is 2. The molecule has 0 bridgehead atoms. The largest absolute Gasteiger partial charge is 0.497 e. The van der Waals surface area contributed by atoms with Crippen LogP contribution in [0.25, 0.3) is 0 Å². The Hall–Kier alpha value is -2.07. The first-order valence-corrected chi connectivity index (χ1v) is 8.24. The van der Waals surface area contributed by atoms with E-state index in [2.05, 4.69) is 54.8 Å². The van der Waals surface area contributed by atoms with Crippen LogP contribution < -0.4 is 15.4 Å². The van der Waals surface area contributed by atoms with E-state index in [4.69, 9.17) is 17.0 Å². The normalized spacial score (nSPS) is 10.2. The summed E-state index contributed by atoms with van der Waals surface area (Å²) in [5.74, 6) is 0.894. The maximum atomic E-state index is 5.35. The van der Waals surface area contributed by atoms with E-state index in [1.54, 1.807) is 7.11 Å². The molecule has 2 rings (SSSR count). The van der Waals surface area contributed by atoms with E-state index in [1.807, 2.05) is 12.1 Å². The average Bonchev–Trinajstić information content (AvgIpc) is 2.51. The summed E-state index contributed by atoms with van der Waals surface area (Å²) in [6.07, 6.45) is 2.05. The van der Waals surface area contributed by atoms with Gasteiger partial charge in [-0.15, -0.1) is 0 Å². The van der Waals surface area contributed by atoms with Crippen LogP contribution in [-0.2, 0) is 6.42 Å². The van der Waals surface area contributed by atoms with E-state index in [1.165, 1.54) is 16.7 Å². The molecule has 0 radical (unpaired) electrons. The van der Waals surface area contributed by atoms with Crippen molar-refractivity contribution in [2.45, 2.75) is 26.7 Å². The molecule has 0 aliphatic rings. The first-order valence-electron chi connectivity index (χ1n) is 7.83. The molecular weight excluding hydrogens is 304 g/mol. The lowest BCUT2D eigenvalue weighted by Gasteiger charge is -2.12. The molecule has 122 valence electrons. The summed E-state index contributed by atoms with van der Waals surface area (Å²) in [6.45, 7) is 5.02. The number of rotatable bonds is 6. The van der Waals surface area contributed by atoms with Crippen molar-refractivity contribution in [3.63, 3.8) is 0 Å². The SMILES string of the molecule is COc1ccc(CCCNC(=S)Nc2cc(C)cc(C)c2)cc1. The third kappa shape index (κ3) is 5.91. The van der Waals surface area contributed by atoms with Crippen molar-refractivity contribution >= 4 is 23.0 Å². The van der Waals surface area contributed by atoms with Gasteiger partial charge in [-0.3, -0.25) is 0 Å². The predicted octanol–water partition coefficient (Wildman–Crippen LogP) is 4.23. The molecule has 0 unspecified atom stereocenters. The van der Waals surface area contributed by atoms with E-state index in [0.717, 1.165) is 30.8 Å². The van der Waals surface area contributed by atoms with Crippen molar-refractivity contribution in [1.82, 2.24) is 5.32 Å². The molecule has 0 aliphatic heterocycles. The Bertz CT molecular complexity index is 633. The van der Waals surface area contributed by atoms with Crippen LogP contribution in [0.4, 0.5) is 5.69 Å². The fourth-order valence-electron chi connectivity index (χ4n) is 2.51. The Morgan fingerprint density at radius 2 is 1.70 bits per heavy atom. The number of ether oxygens (including phenoxy) is 1. The minimum absolute atomic E-state index is 0.671. The maximum Gasteiger partial charge on any atom is 0.170 e. The molecular formula is C19H24N2OS. The first kappa shape index (κ1) is 17.3. The zero-order chi connectivity index (χ0) is 16.7. The van der Waals surface area contributed by atoms with Gasteiger partial charge in [0, 0.05) is 12.2 Å². The van der Waals surface area contributed by atoms with Gasteiger partial charge in [-0.2, -0.15) is 0 Å². The van der Waals surface area contributed by atoms with Crippen molar-refractivity contribution in [3.8, 4) is 5.75 Å². The summed E-state index contributed by atoms with van der Waals surface area (Å²) in [6, 6.07) is 14.5. The monoisotopic (exact) mass is 328 g/mol. The summed E-state index contributed by atoms with van der Waals surface area (Å²) in [4.78, 5) is 0. The number of methoxy groups -OCH3 is 1. The minimum atomic E-state index is 0.671. The summed E-state index contributed by atoms with van der Waals surface area (Å²) in [5.41, 5.74) is 4.81. The standard InChI is InChI=1S/C19H24N2OS/c1-14-11-15(2)13-17(12-14)21-19(23)20-10-4-5-16-6-8-18(22-3)9-7-16/h6-9,11-13H,4-5,10H2,1-3H3,(H2,20,21,23). The fraction of sp³-hybridized carbons (Fsp3) is 0.316. The molecule has 0 atom stereocenters. The highest BCUT2D eigenvalue weighted by molar-refractivity contribution is 7.80. The van der Waals surface area contributed by atoms with Gasteiger partial charge < -0.3 is 15.4 Å². The predicted molar refractivity (Wildman–Crippen MR) is 101 cm³/mol. The van der Waals surface area contributed by atoms with E-state index in [9.17, 15) is 0 Å². The van der Waals surface area contributed by atoms with E-state index < -0.39 is 0 Å². The lowest BCUT2D eigenvalue weighted by Crippen LogP contribution is -2.29. The highest BCUT2D eigenvalue weighted by Gasteiger charge is 2.00. The summed E-state index contributed by atoms with van der Waals surface area (Å²) in [7, 11) is 1.68. The van der Waals surface area contributed by atoms with Crippen molar-refractivity contribution in [1.29, 1.82) is 0 Å². The van der Waals surface area contributed by atoms with Gasteiger partial charge in [0.1, 0.15) is 5.75 Å². The van der Waals surface area contributed by atoms with Gasteiger partial charge in [-0.25, -0.2) is 0 Å². The highest BCUT2D eigenvalue weighted by atomic mass is 32.1. The van der Waals surface area contributed by atoms with Gasteiger partial charge >= 0.3 is 0 Å². The molecule has 0 fully saturated rings. The van der Waals surface area contributed by atoms with E-state index >= 15 is 0 Å². The molecule has 2 aromatic carbocycles. The van der Waals surface area contributed by atoms with Gasteiger partial charge in [0.2, 0.25) is 0 Å². The zero-order valence-corrected chi connectivity index (χ0v) is 14.8. The Balaban J connectivity index is 1.71. The van der Waals surface area contributed by atoms with Crippen molar-refractivity contribution in [3.05, 3.63) is 59.2 Å². The molecule has 0 amide bonds. The lowest BCUT2D eigenvalue weighted by atomic mass is 10.1. The van der Waals surface area contributed by atoms with Crippen LogP contribution in [0.15, 0.2) is 42.5 Å². The van der Waals surface area contributed by atoms with Crippen LogP contribution in [0.2, 0.25) is 0 Å². The van der Waals surface area contributed by atoms with Gasteiger partial charge in [-0.1, -0.05) is 18.2 Å². The number of aryl methyl sites for hydroxylation is 3. The van der Waals surface area contributed by atoms with Gasteiger partial charge in [0.25, 0.3) is 0 Å². The molecule has 2 aromatic rings. The van der Waals surface area contributed by atoms with Crippen LogP contribution in [0.3, 0.4) is 0 Å². The van der Waals surface area contributed by atoms with Gasteiger partial charge in [0.15, 0.2) is 5.11 Å². The molecule has 0 aromatic heterocycles. The van der Waals surface area contributed by atoms with Crippen LogP contribution in [0.5, 0.6) is 5.75 Å². The molecule has 0 saturated carbocycles. The average molecular weight is 328 g/mol. The quantitative estimate of drug-likeness (QED) is 0.614. The number of hydrogen-bond acceptors (Lipinski definition) is 2. The number of nitrogens with one attached hydrogen (secondary N) is 2. The summed E-state index contributed by atoms with van der Waals surface area (Å²) < 4.78 is 5.16. The number of anilines is 1. The topological polar surface area (TPSA) is 33.3 Å². The fourth-order valence-corrected chi connectivity index (χ4v) is 2.73. The molecule has 0 saturated heterocycles. The van der Waals surface area contributed by atoms with Crippen molar-refractivity contribution in [2.24, 2.45) is 0 Å². The van der Waals surface area contributed by atoms with Gasteiger partial charge in [0.05, 0.1) is 7.11 Å². The van der Waals surface area contributed by atoms with Crippen LogP contribution in [-0.4, -0.2) is 18.8 Å². The van der Waals surface area contributed by atoms with E-state index in [-0.39, 0.29) is 0 Å². The first-order chi connectivity index (χ1) is 11.1. The number of thiocarbonyl (C=S) groups is 1. The second kappa shape index (κ2) is 8.53. The van der Waals surface area contributed by atoms with Crippen molar-refractivity contribution < 1.29 is 4.74 Å². The molecule has 0 spiro atoms. The maximum absolute atomic E-state index is 5.35. The highest BCUT2D eigenvalue weighted by Crippen LogP contribution is 2.14. The molecule has 4 heteroatoms. The molecule has 0 aliphatic carbocycles. The Labute approximate surface area is 144 Å². The van der Waals surface area contributed by atoms with Crippen LogP contribution in [0, 0.1) is 13.8 Å². The molecule has 2 N–H and O–H groups in total. The lowest BCUT2D eigenvalue weighted by molar-refractivity contribution is 0.414. The Morgan fingerprint density at radius 3 is 2.30 bits per heavy atom.